The predicted molar refractivity (Wildman–Crippen MR) is 117 cm³/mol. The van der Waals surface area contributed by atoms with Crippen LogP contribution in [0.3, 0.4) is 0 Å². The van der Waals surface area contributed by atoms with Crippen LogP contribution in [-0.2, 0) is 13.0 Å². The highest BCUT2D eigenvalue weighted by atomic mass is 32.2. The van der Waals surface area contributed by atoms with Crippen LogP contribution in [0.5, 0.6) is 0 Å². The number of hydrogen-bond donors (Lipinski definition) is 0. The number of thiophene rings is 1. The molecular formula is C22H20FN3O2S2. The van der Waals surface area contributed by atoms with Crippen molar-refractivity contribution in [3.8, 4) is 11.5 Å². The Morgan fingerprint density at radius 3 is 2.73 bits per heavy atom. The van der Waals surface area contributed by atoms with Crippen LogP contribution in [0.1, 0.15) is 26.6 Å². The van der Waals surface area contributed by atoms with Gasteiger partial charge in [-0.25, -0.2) is 4.39 Å². The lowest BCUT2D eigenvalue weighted by Crippen LogP contribution is -2.08. The minimum atomic E-state index is -0.327. The number of aryl methyl sites for hydroxylation is 2. The summed E-state index contributed by atoms with van der Waals surface area (Å²) in [5.74, 6) is 0.209. The van der Waals surface area contributed by atoms with E-state index in [0.29, 0.717) is 16.7 Å². The number of carbonyl (C=O) groups is 1. The van der Waals surface area contributed by atoms with Crippen molar-refractivity contribution >= 4 is 28.9 Å². The van der Waals surface area contributed by atoms with Crippen molar-refractivity contribution in [1.82, 2.24) is 14.8 Å². The molecule has 0 radical (unpaired) electrons. The van der Waals surface area contributed by atoms with Crippen LogP contribution in [0.15, 0.2) is 57.5 Å². The van der Waals surface area contributed by atoms with Gasteiger partial charge in [-0.2, -0.15) is 0 Å². The van der Waals surface area contributed by atoms with E-state index in [0.717, 1.165) is 29.9 Å². The Hall–Kier alpha value is -2.71. The molecule has 5 nitrogen and oxygen atoms in total. The number of rotatable bonds is 8. The highest BCUT2D eigenvalue weighted by Crippen LogP contribution is 2.25. The molecule has 3 heterocycles. The van der Waals surface area contributed by atoms with E-state index in [1.807, 2.05) is 19.9 Å². The molecule has 0 N–H and O–H groups in total. The molecule has 0 aliphatic heterocycles. The van der Waals surface area contributed by atoms with Gasteiger partial charge in [0, 0.05) is 33.9 Å². The van der Waals surface area contributed by atoms with E-state index in [-0.39, 0.29) is 17.4 Å². The second-order valence-corrected chi connectivity index (χ2v) is 8.82. The van der Waals surface area contributed by atoms with Gasteiger partial charge in [-0.15, -0.1) is 21.5 Å². The fourth-order valence-electron chi connectivity index (χ4n) is 3.29. The van der Waals surface area contributed by atoms with E-state index >= 15 is 0 Å². The molecule has 0 spiro atoms. The molecule has 0 fully saturated rings. The zero-order chi connectivity index (χ0) is 21.1. The maximum absolute atomic E-state index is 13.1. The first-order chi connectivity index (χ1) is 14.5. The molecular weight excluding hydrogens is 421 g/mol. The van der Waals surface area contributed by atoms with Gasteiger partial charge >= 0.3 is 0 Å². The van der Waals surface area contributed by atoms with Gasteiger partial charge in [0.2, 0.25) is 5.89 Å². The summed E-state index contributed by atoms with van der Waals surface area (Å²) in [5, 5.41) is 10.4. The lowest BCUT2D eigenvalue weighted by atomic mass is 10.2. The van der Waals surface area contributed by atoms with Crippen LogP contribution in [0, 0.1) is 19.7 Å². The molecule has 0 aliphatic carbocycles. The Bertz CT molecular complexity index is 1150. The van der Waals surface area contributed by atoms with Crippen molar-refractivity contribution < 1.29 is 13.6 Å². The Labute approximate surface area is 182 Å². The molecule has 4 rings (SSSR count). The molecule has 8 heteroatoms. The summed E-state index contributed by atoms with van der Waals surface area (Å²) in [6.45, 7) is 4.86. The van der Waals surface area contributed by atoms with Gasteiger partial charge in [-0.3, -0.25) is 4.79 Å². The second kappa shape index (κ2) is 8.97. The van der Waals surface area contributed by atoms with Crippen molar-refractivity contribution in [3.05, 3.63) is 75.5 Å². The van der Waals surface area contributed by atoms with Gasteiger partial charge in [0.15, 0.2) is 5.78 Å². The quantitative estimate of drug-likeness (QED) is 0.264. The van der Waals surface area contributed by atoms with Gasteiger partial charge < -0.3 is 8.98 Å². The fourth-order valence-corrected chi connectivity index (χ4v) is 4.63. The first-order valence-electron chi connectivity index (χ1n) is 9.46. The smallest absolute Gasteiger partial charge is 0.277 e. The normalized spacial score (nSPS) is 11.2. The highest BCUT2D eigenvalue weighted by Gasteiger charge is 2.18. The molecule has 1 aromatic carbocycles. The lowest BCUT2D eigenvalue weighted by molar-refractivity contribution is 0.102. The topological polar surface area (TPSA) is 60.9 Å². The van der Waals surface area contributed by atoms with E-state index in [9.17, 15) is 9.18 Å². The number of nitrogens with zero attached hydrogens (tertiary/aromatic N) is 3. The maximum atomic E-state index is 13.1. The summed E-state index contributed by atoms with van der Waals surface area (Å²) in [6.07, 6.45) is 0.949. The molecule has 0 bridgehead atoms. The molecule has 0 saturated carbocycles. The maximum Gasteiger partial charge on any atom is 0.277 e. The molecule has 0 aliphatic rings. The molecule has 0 amide bonds. The van der Waals surface area contributed by atoms with Crippen LogP contribution < -0.4 is 0 Å². The van der Waals surface area contributed by atoms with Crippen molar-refractivity contribution in [2.45, 2.75) is 32.0 Å². The molecule has 3 aromatic heterocycles. The van der Waals surface area contributed by atoms with Gasteiger partial charge in [0.1, 0.15) is 5.82 Å². The summed E-state index contributed by atoms with van der Waals surface area (Å²) in [7, 11) is 0. The van der Waals surface area contributed by atoms with E-state index in [1.165, 1.54) is 28.8 Å². The third kappa shape index (κ3) is 4.55. The summed E-state index contributed by atoms with van der Waals surface area (Å²) >= 11 is 2.95. The Balaban J connectivity index is 1.39. The number of benzene rings is 1. The fraction of sp³-hybridized carbons (Fsp3) is 0.227. The summed E-state index contributed by atoms with van der Waals surface area (Å²) in [6, 6.07) is 12.0. The number of thioether (sulfide) groups is 1. The molecule has 154 valence electrons. The number of Topliss-reactive ketones (excluding diaryl/α,β-unsaturated/α-hetero) is 1. The minimum absolute atomic E-state index is 0.0250. The number of ketones is 1. The van der Waals surface area contributed by atoms with Crippen molar-refractivity contribution in [2.75, 3.05) is 5.75 Å². The van der Waals surface area contributed by atoms with Crippen molar-refractivity contribution in [3.63, 3.8) is 0 Å². The third-order valence-electron chi connectivity index (χ3n) is 4.86. The molecule has 0 unspecified atom stereocenters. The van der Waals surface area contributed by atoms with E-state index < -0.39 is 0 Å². The minimum Gasteiger partial charge on any atom is -0.411 e. The first kappa shape index (κ1) is 20.6. The largest absolute Gasteiger partial charge is 0.411 e. The van der Waals surface area contributed by atoms with Gasteiger partial charge in [0.05, 0.1) is 5.75 Å². The van der Waals surface area contributed by atoms with Gasteiger partial charge in [-0.1, -0.05) is 17.8 Å². The zero-order valence-electron chi connectivity index (χ0n) is 16.6. The molecule has 0 saturated heterocycles. The standard InChI is InChI=1S/C22H20FN3O2S2/c1-14-12-19(15(2)26(14)10-9-18-4-3-11-29-18)20(27)13-30-22-25-24-21(28-22)16-5-7-17(23)8-6-16/h3-8,11-12H,9-10,13H2,1-2H3. The summed E-state index contributed by atoms with van der Waals surface area (Å²) < 4.78 is 20.8. The lowest BCUT2D eigenvalue weighted by Gasteiger charge is -2.09. The third-order valence-corrected chi connectivity index (χ3v) is 6.61. The highest BCUT2D eigenvalue weighted by molar-refractivity contribution is 7.99. The number of halogens is 1. The van der Waals surface area contributed by atoms with Crippen LogP contribution in [-0.4, -0.2) is 26.3 Å². The SMILES string of the molecule is Cc1cc(C(=O)CSc2nnc(-c3ccc(F)cc3)o2)c(C)n1CCc1cccs1. The van der Waals surface area contributed by atoms with E-state index in [4.69, 9.17) is 4.42 Å². The second-order valence-electron chi connectivity index (χ2n) is 6.86. The average molecular weight is 442 g/mol. The average Bonchev–Trinajstić information content (AvgIpc) is 3.47. The molecule has 30 heavy (non-hydrogen) atoms. The first-order valence-corrected chi connectivity index (χ1v) is 11.3. The van der Waals surface area contributed by atoms with E-state index in [1.54, 1.807) is 23.5 Å². The Morgan fingerprint density at radius 1 is 1.20 bits per heavy atom. The van der Waals surface area contributed by atoms with Gasteiger partial charge in [0.25, 0.3) is 5.22 Å². The summed E-state index contributed by atoms with van der Waals surface area (Å²) in [4.78, 5) is 14.1. The van der Waals surface area contributed by atoms with E-state index in [2.05, 4.69) is 32.3 Å². The monoisotopic (exact) mass is 441 g/mol. The van der Waals surface area contributed by atoms with Crippen LogP contribution in [0.4, 0.5) is 4.39 Å². The van der Waals surface area contributed by atoms with Crippen LogP contribution in [0.25, 0.3) is 11.5 Å². The number of aromatic nitrogens is 3. The number of hydrogen-bond acceptors (Lipinski definition) is 6. The Morgan fingerprint density at radius 2 is 2.00 bits per heavy atom. The Kier molecular flexibility index (Phi) is 6.15. The van der Waals surface area contributed by atoms with Crippen molar-refractivity contribution in [1.29, 1.82) is 0 Å². The summed E-state index contributed by atoms with van der Waals surface area (Å²) in [5.41, 5.74) is 3.42. The van der Waals surface area contributed by atoms with Gasteiger partial charge in [-0.05, 0) is 62.0 Å². The molecule has 4 aromatic rings. The van der Waals surface area contributed by atoms with Crippen LogP contribution in [0.2, 0.25) is 0 Å². The number of carbonyl (C=O) groups excluding carboxylic acids is 1. The molecule has 0 atom stereocenters. The zero-order valence-corrected chi connectivity index (χ0v) is 18.2. The van der Waals surface area contributed by atoms with Crippen LogP contribution >= 0.6 is 23.1 Å². The predicted octanol–water partition coefficient (Wildman–Crippen LogP) is 5.57. The van der Waals surface area contributed by atoms with Crippen molar-refractivity contribution in [2.24, 2.45) is 0 Å².